The van der Waals surface area contributed by atoms with E-state index < -0.39 is 0 Å². The maximum absolute atomic E-state index is 4.29. The Morgan fingerprint density at radius 1 is 0.852 bits per heavy atom. The van der Waals surface area contributed by atoms with Crippen molar-refractivity contribution >= 4 is 11.8 Å². The van der Waals surface area contributed by atoms with Gasteiger partial charge in [0.25, 0.3) is 0 Å². The lowest BCUT2D eigenvalue weighted by molar-refractivity contribution is 0.746. The molecule has 0 unspecified atom stereocenters. The van der Waals surface area contributed by atoms with Crippen molar-refractivity contribution < 1.29 is 0 Å². The average molecular weight is 354 g/mol. The lowest BCUT2D eigenvalue weighted by Crippen LogP contribution is -2.20. The van der Waals surface area contributed by atoms with Gasteiger partial charge in [-0.05, 0) is 28.7 Å². The Labute approximate surface area is 163 Å². The summed E-state index contributed by atoms with van der Waals surface area (Å²) in [6, 6.07) is 29.6. The summed E-state index contributed by atoms with van der Waals surface area (Å²) in [7, 11) is 0. The SMILES string of the molecule is C=C(NC(c1ccccc1)c1ccccc1)c1ccc(/C=C/CCC)cc1. The second-order valence-corrected chi connectivity index (χ2v) is 6.69. The van der Waals surface area contributed by atoms with Crippen LogP contribution in [-0.2, 0) is 0 Å². The first kappa shape index (κ1) is 18.7. The van der Waals surface area contributed by atoms with Gasteiger partial charge in [0.15, 0.2) is 0 Å². The minimum Gasteiger partial charge on any atom is -0.374 e. The lowest BCUT2D eigenvalue weighted by atomic mass is 9.97. The molecule has 0 aliphatic heterocycles. The molecule has 27 heavy (non-hydrogen) atoms. The molecule has 1 heteroatoms. The molecule has 3 rings (SSSR count). The molecule has 0 radical (unpaired) electrons. The monoisotopic (exact) mass is 353 g/mol. The highest BCUT2D eigenvalue weighted by molar-refractivity contribution is 5.64. The van der Waals surface area contributed by atoms with Crippen molar-refractivity contribution in [3.05, 3.63) is 120 Å². The summed E-state index contributed by atoms with van der Waals surface area (Å²) in [6.45, 7) is 6.49. The van der Waals surface area contributed by atoms with Gasteiger partial charge in [-0.3, -0.25) is 0 Å². The smallest absolute Gasteiger partial charge is 0.0767 e. The van der Waals surface area contributed by atoms with Crippen molar-refractivity contribution in [1.82, 2.24) is 5.32 Å². The van der Waals surface area contributed by atoms with E-state index in [4.69, 9.17) is 0 Å². The van der Waals surface area contributed by atoms with Crippen molar-refractivity contribution in [2.24, 2.45) is 0 Å². The fraction of sp³-hybridized carbons (Fsp3) is 0.154. The molecule has 0 fully saturated rings. The van der Waals surface area contributed by atoms with Crippen molar-refractivity contribution in [2.45, 2.75) is 25.8 Å². The molecular formula is C26H27N. The van der Waals surface area contributed by atoms with Gasteiger partial charge in [-0.25, -0.2) is 0 Å². The summed E-state index contributed by atoms with van der Waals surface area (Å²) in [6.07, 6.45) is 6.70. The van der Waals surface area contributed by atoms with Crippen molar-refractivity contribution in [1.29, 1.82) is 0 Å². The normalized spacial score (nSPS) is 11.0. The number of allylic oxidation sites excluding steroid dienone is 1. The molecule has 0 aliphatic carbocycles. The highest BCUT2D eigenvalue weighted by atomic mass is 14.9. The molecule has 136 valence electrons. The standard InChI is InChI=1S/C26H27N/c1-3-4-7-12-22-17-19-23(20-18-22)21(2)27-26(24-13-8-5-9-14-24)25-15-10-6-11-16-25/h5-20,26-27H,2-4H2,1H3/b12-7+. The van der Waals surface area contributed by atoms with Gasteiger partial charge in [-0.15, -0.1) is 0 Å². The Morgan fingerprint density at radius 3 is 1.93 bits per heavy atom. The van der Waals surface area contributed by atoms with E-state index in [0.29, 0.717) is 0 Å². The van der Waals surface area contributed by atoms with Crippen molar-refractivity contribution in [3.63, 3.8) is 0 Å². The first-order valence-corrected chi connectivity index (χ1v) is 9.60. The van der Waals surface area contributed by atoms with Gasteiger partial charge < -0.3 is 5.32 Å². The van der Waals surface area contributed by atoms with Crippen LogP contribution in [0.2, 0.25) is 0 Å². The van der Waals surface area contributed by atoms with Gasteiger partial charge in [0.05, 0.1) is 6.04 Å². The number of rotatable bonds is 8. The number of benzene rings is 3. The first-order valence-electron chi connectivity index (χ1n) is 9.60. The molecule has 0 aliphatic rings. The van der Waals surface area contributed by atoms with Crippen LogP contribution in [0.25, 0.3) is 11.8 Å². The van der Waals surface area contributed by atoms with Crippen molar-refractivity contribution in [2.75, 3.05) is 0 Å². The maximum atomic E-state index is 4.29. The zero-order valence-electron chi connectivity index (χ0n) is 15.9. The molecular weight excluding hydrogens is 326 g/mol. The van der Waals surface area contributed by atoms with Crippen LogP contribution in [0, 0.1) is 0 Å². The molecule has 0 saturated heterocycles. The van der Waals surface area contributed by atoms with Gasteiger partial charge in [-0.2, -0.15) is 0 Å². The van der Waals surface area contributed by atoms with Crippen LogP contribution >= 0.6 is 0 Å². The van der Waals surface area contributed by atoms with E-state index in [1.165, 1.54) is 23.1 Å². The second-order valence-electron chi connectivity index (χ2n) is 6.69. The molecule has 0 amide bonds. The maximum Gasteiger partial charge on any atom is 0.0767 e. The van der Waals surface area contributed by atoms with E-state index in [9.17, 15) is 0 Å². The predicted octanol–water partition coefficient (Wildman–Crippen LogP) is 6.85. The van der Waals surface area contributed by atoms with E-state index in [1.807, 2.05) is 12.1 Å². The molecule has 0 atom stereocenters. The third-order valence-electron chi connectivity index (χ3n) is 4.61. The summed E-state index contributed by atoms with van der Waals surface area (Å²) >= 11 is 0. The van der Waals surface area contributed by atoms with Crippen LogP contribution in [0.5, 0.6) is 0 Å². The lowest BCUT2D eigenvalue weighted by Gasteiger charge is -2.22. The fourth-order valence-corrected chi connectivity index (χ4v) is 3.09. The quantitative estimate of drug-likeness (QED) is 0.467. The second kappa shape index (κ2) is 9.59. The van der Waals surface area contributed by atoms with E-state index in [2.05, 4.69) is 104 Å². The number of hydrogen-bond donors (Lipinski definition) is 1. The Hall–Kier alpha value is -3.06. The first-order chi connectivity index (χ1) is 13.3. The van der Waals surface area contributed by atoms with Crippen LogP contribution in [-0.4, -0.2) is 0 Å². The number of hydrogen-bond acceptors (Lipinski definition) is 1. The summed E-state index contributed by atoms with van der Waals surface area (Å²) in [5.74, 6) is 0. The van der Waals surface area contributed by atoms with E-state index in [1.54, 1.807) is 0 Å². The van der Waals surface area contributed by atoms with Gasteiger partial charge in [0.2, 0.25) is 0 Å². The summed E-state index contributed by atoms with van der Waals surface area (Å²) in [4.78, 5) is 0. The minimum absolute atomic E-state index is 0.0732. The summed E-state index contributed by atoms with van der Waals surface area (Å²) in [5.41, 5.74) is 5.71. The minimum atomic E-state index is 0.0732. The van der Waals surface area contributed by atoms with Crippen LogP contribution in [0.15, 0.2) is 97.6 Å². The molecule has 1 N–H and O–H groups in total. The molecule has 3 aromatic rings. The largest absolute Gasteiger partial charge is 0.374 e. The predicted molar refractivity (Wildman–Crippen MR) is 117 cm³/mol. The number of unbranched alkanes of at least 4 members (excludes halogenated alkanes) is 1. The Balaban J connectivity index is 1.79. The molecule has 0 spiro atoms. The zero-order valence-corrected chi connectivity index (χ0v) is 15.9. The van der Waals surface area contributed by atoms with Gasteiger partial charge in [-0.1, -0.05) is 117 Å². The number of nitrogens with one attached hydrogen (secondary N) is 1. The Kier molecular flexibility index (Phi) is 6.65. The Bertz CT molecular complexity index is 822. The zero-order chi connectivity index (χ0) is 18.9. The third-order valence-corrected chi connectivity index (χ3v) is 4.61. The molecule has 3 aromatic carbocycles. The molecule has 0 heterocycles. The van der Waals surface area contributed by atoms with E-state index in [-0.39, 0.29) is 6.04 Å². The van der Waals surface area contributed by atoms with Gasteiger partial charge in [0, 0.05) is 5.70 Å². The van der Waals surface area contributed by atoms with Crippen molar-refractivity contribution in [3.8, 4) is 0 Å². The molecule has 0 saturated carbocycles. The van der Waals surface area contributed by atoms with Crippen LogP contribution in [0.4, 0.5) is 0 Å². The highest BCUT2D eigenvalue weighted by Gasteiger charge is 2.14. The molecule has 0 aromatic heterocycles. The highest BCUT2D eigenvalue weighted by Crippen LogP contribution is 2.25. The summed E-state index contributed by atoms with van der Waals surface area (Å²) in [5, 5.41) is 3.63. The van der Waals surface area contributed by atoms with Crippen LogP contribution < -0.4 is 5.32 Å². The Morgan fingerprint density at radius 2 is 1.41 bits per heavy atom. The van der Waals surface area contributed by atoms with Crippen LogP contribution in [0.3, 0.4) is 0 Å². The van der Waals surface area contributed by atoms with Gasteiger partial charge in [0.1, 0.15) is 0 Å². The topological polar surface area (TPSA) is 12.0 Å². The third kappa shape index (κ3) is 5.21. The van der Waals surface area contributed by atoms with E-state index >= 15 is 0 Å². The molecule has 0 bridgehead atoms. The average Bonchev–Trinajstić information content (AvgIpc) is 2.74. The molecule has 1 nitrogen and oxygen atoms in total. The van der Waals surface area contributed by atoms with Crippen LogP contribution in [0.1, 0.15) is 48.1 Å². The van der Waals surface area contributed by atoms with Gasteiger partial charge >= 0.3 is 0 Å². The van der Waals surface area contributed by atoms with E-state index in [0.717, 1.165) is 17.7 Å². The fourth-order valence-electron chi connectivity index (χ4n) is 3.09. The summed E-state index contributed by atoms with van der Waals surface area (Å²) < 4.78 is 0.